The van der Waals surface area contributed by atoms with E-state index in [1.54, 1.807) is 12.7 Å². The maximum atomic E-state index is 12.0. The Hall–Kier alpha value is -4.22. The molecule has 2 heterocycles. The number of rotatable bonds is 13. The molecule has 0 saturated carbocycles. The molecule has 0 aliphatic rings. The SMILES string of the molecule is OC(Cc1ccccc1)(Cn1cnnc1SSc1nncn1CC(O)(Cc1ccccc1)c1ccccc1)c1ccccc1. The van der Waals surface area contributed by atoms with E-state index in [2.05, 4.69) is 20.4 Å². The van der Waals surface area contributed by atoms with E-state index >= 15 is 0 Å². The standard InChI is InChI=1S/C34H32N6O2S2/c41-33(29-17-9-3-10-18-29,21-27-13-5-1-6-14-27)23-39-25-35-37-31(39)43-44-32-38-36-26-40(32)24-34(42,30-19-11-4-12-20-30)22-28-15-7-2-8-16-28/h1-20,25-26,41-42H,21-24H2. The molecule has 6 rings (SSSR count). The highest BCUT2D eigenvalue weighted by Gasteiger charge is 2.33. The van der Waals surface area contributed by atoms with Gasteiger partial charge in [-0.25, -0.2) is 0 Å². The second-order valence-corrected chi connectivity index (χ2v) is 12.8. The second-order valence-electron chi connectivity index (χ2n) is 10.8. The largest absolute Gasteiger partial charge is 0.383 e. The van der Waals surface area contributed by atoms with Gasteiger partial charge < -0.3 is 19.3 Å². The molecule has 2 atom stereocenters. The number of nitrogens with zero attached hydrogens (tertiary/aromatic N) is 6. The summed E-state index contributed by atoms with van der Waals surface area (Å²) in [5.74, 6) is 0. The first-order chi connectivity index (χ1) is 21.5. The first-order valence-corrected chi connectivity index (χ1v) is 16.4. The lowest BCUT2D eigenvalue weighted by atomic mass is 9.87. The van der Waals surface area contributed by atoms with Crippen LogP contribution in [0.25, 0.3) is 0 Å². The first kappa shape index (κ1) is 29.8. The van der Waals surface area contributed by atoms with Gasteiger partial charge in [0.25, 0.3) is 0 Å². The molecule has 0 aliphatic heterocycles. The Labute approximate surface area is 264 Å². The Morgan fingerprint density at radius 1 is 0.500 bits per heavy atom. The van der Waals surface area contributed by atoms with E-state index in [9.17, 15) is 10.2 Å². The third kappa shape index (κ3) is 7.11. The van der Waals surface area contributed by atoms with Crippen molar-refractivity contribution in [1.29, 1.82) is 0 Å². The van der Waals surface area contributed by atoms with Crippen molar-refractivity contribution in [2.24, 2.45) is 0 Å². The fourth-order valence-corrected chi connectivity index (χ4v) is 7.28. The van der Waals surface area contributed by atoms with E-state index in [4.69, 9.17) is 0 Å². The van der Waals surface area contributed by atoms with Crippen LogP contribution < -0.4 is 0 Å². The lowest BCUT2D eigenvalue weighted by Crippen LogP contribution is -2.34. The highest BCUT2D eigenvalue weighted by atomic mass is 33.1. The summed E-state index contributed by atoms with van der Waals surface area (Å²) in [6, 6.07) is 39.3. The van der Waals surface area contributed by atoms with Gasteiger partial charge in [-0.05, 0) is 43.8 Å². The van der Waals surface area contributed by atoms with Crippen LogP contribution in [0.4, 0.5) is 0 Å². The van der Waals surface area contributed by atoms with Gasteiger partial charge in [-0.2, -0.15) is 0 Å². The van der Waals surface area contributed by atoms with E-state index in [-0.39, 0.29) is 13.1 Å². The minimum Gasteiger partial charge on any atom is -0.383 e. The number of hydrogen-bond acceptors (Lipinski definition) is 8. The van der Waals surface area contributed by atoms with Gasteiger partial charge in [0, 0.05) is 12.8 Å². The van der Waals surface area contributed by atoms with Gasteiger partial charge in [-0.15, -0.1) is 20.4 Å². The fraction of sp³-hybridized carbons (Fsp3) is 0.176. The molecule has 0 amide bonds. The van der Waals surface area contributed by atoms with Crippen LogP contribution in [0.15, 0.2) is 144 Å². The van der Waals surface area contributed by atoms with Gasteiger partial charge in [0.15, 0.2) is 0 Å². The Morgan fingerprint density at radius 2 is 0.841 bits per heavy atom. The molecule has 8 nitrogen and oxygen atoms in total. The van der Waals surface area contributed by atoms with Gasteiger partial charge in [0.05, 0.1) is 13.1 Å². The average Bonchev–Trinajstić information content (AvgIpc) is 3.70. The summed E-state index contributed by atoms with van der Waals surface area (Å²) >= 11 is 0. The summed E-state index contributed by atoms with van der Waals surface area (Å²) in [6.07, 6.45) is 4.14. The van der Waals surface area contributed by atoms with Crippen LogP contribution in [0, 0.1) is 0 Å². The molecule has 6 aromatic rings. The van der Waals surface area contributed by atoms with Crippen LogP contribution >= 0.6 is 21.6 Å². The minimum absolute atomic E-state index is 0.263. The summed E-state index contributed by atoms with van der Waals surface area (Å²) < 4.78 is 3.73. The van der Waals surface area contributed by atoms with Crippen molar-refractivity contribution in [1.82, 2.24) is 29.5 Å². The van der Waals surface area contributed by atoms with Crippen molar-refractivity contribution >= 4 is 21.6 Å². The summed E-state index contributed by atoms with van der Waals surface area (Å²) in [5.41, 5.74) is 1.33. The summed E-state index contributed by atoms with van der Waals surface area (Å²) in [6.45, 7) is 0.526. The Balaban J connectivity index is 1.21. The van der Waals surface area contributed by atoms with Crippen LogP contribution in [-0.2, 0) is 37.1 Å². The average molecular weight is 621 g/mol. The van der Waals surface area contributed by atoms with Crippen LogP contribution in [0.2, 0.25) is 0 Å². The third-order valence-corrected chi connectivity index (χ3v) is 9.67. The maximum Gasteiger partial charge on any atom is 0.202 e. The van der Waals surface area contributed by atoms with Crippen molar-refractivity contribution in [2.75, 3.05) is 0 Å². The maximum absolute atomic E-state index is 12.0. The molecular formula is C34H32N6O2S2. The van der Waals surface area contributed by atoms with Crippen molar-refractivity contribution in [2.45, 2.75) is 47.4 Å². The van der Waals surface area contributed by atoms with Crippen LogP contribution in [0.3, 0.4) is 0 Å². The monoisotopic (exact) mass is 620 g/mol. The molecule has 10 heteroatoms. The number of benzene rings is 4. The molecule has 2 unspecified atom stereocenters. The van der Waals surface area contributed by atoms with E-state index < -0.39 is 11.2 Å². The molecule has 2 aromatic heterocycles. The lowest BCUT2D eigenvalue weighted by Gasteiger charge is -2.30. The van der Waals surface area contributed by atoms with Crippen molar-refractivity contribution < 1.29 is 10.2 Å². The Kier molecular flexibility index (Phi) is 9.23. The van der Waals surface area contributed by atoms with Crippen LogP contribution in [-0.4, -0.2) is 39.7 Å². The van der Waals surface area contributed by atoms with Gasteiger partial charge in [0.2, 0.25) is 10.3 Å². The van der Waals surface area contributed by atoms with E-state index in [1.165, 1.54) is 21.6 Å². The molecule has 0 fully saturated rings. The highest BCUT2D eigenvalue weighted by Crippen LogP contribution is 2.38. The van der Waals surface area contributed by atoms with Gasteiger partial charge in [-0.3, -0.25) is 0 Å². The van der Waals surface area contributed by atoms with Crippen molar-refractivity contribution in [3.8, 4) is 0 Å². The van der Waals surface area contributed by atoms with E-state index in [1.807, 2.05) is 130 Å². The molecule has 0 radical (unpaired) electrons. The van der Waals surface area contributed by atoms with Crippen LogP contribution in [0.1, 0.15) is 22.3 Å². The summed E-state index contributed by atoms with van der Waals surface area (Å²) in [5, 5.41) is 42.3. The fourth-order valence-electron chi connectivity index (χ4n) is 5.34. The second kappa shape index (κ2) is 13.6. The number of aromatic nitrogens is 6. The predicted octanol–water partition coefficient (Wildman–Crippen LogP) is 5.93. The molecule has 0 spiro atoms. The third-order valence-electron chi connectivity index (χ3n) is 7.52. The van der Waals surface area contributed by atoms with Gasteiger partial charge in [0.1, 0.15) is 23.9 Å². The smallest absolute Gasteiger partial charge is 0.202 e. The highest BCUT2D eigenvalue weighted by molar-refractivity contribution is 8.76. The Morgan fingerprint density at radius 3 is 1.20 bits per heavy atom. The zero-order valence-corrected chi connectivity index (χ0v) is 25.6. The molecule has 2 N–H and O–H groups in total. The summed E-state index contributed by atoms with van der Waals surface area (Å²) in [7, 11) is 2.77. The van der Waals surface area contributed by atoms with Crippen molar-refractivity contribution in [3.05, 3.63) is 156 Å². The predicted molar refractivity (Wildman–Crippen MR) is 173 cm³/mol. The molecule has 4 aromatic carbocycles. The summed E-state index contributed by atoms with van der Waals surface area (Å²) in [4.78, 5) is 0. The normalized spacial score (nSPS) is 14.1. The van der Waals surface area contributed by atoms with Crippen molar-refractivity contribution in [3.63, 3.8) is 0 Å². The topological polar surface area (TPSA) is 102 Å². The Bertz CT molecular complexity index is 1620. The van der Waals surface area contributed by atoms with E-state index in [0.29, 0.717) is 23.2 Å². The molecule has 0 saturated heterocycles. The number of hydrogen-bond donors (Lipinski definition) is 2. The number of aliphatic hydroxyl groups is 2. The molecule has 0 aliphatic carbocycles. The molecular weight excluding hydrogens is 589 g/mol. The zero-order valence-electron chi connectivity index (χ0n) is 23.9. The zero-order chi connectivity index (χ0) is 30.2. The molecule has 222 valence electrons. The van der Waals surface area contributed by atoms with Crippen LogP contribution in [0.5, 0.6) is 0 Å². The van der Waals surface area contributed by atoms with Gasteiger partial charge in [-0.1, -0.05) is 121 Å². The quantitative estimate of drug-likeness (QED) is 0.153. The van der Waals surface area contributed by atoms with Gasteiger partial charge >= 0.3 is 0 Å². The van der Waals surface area contributed by atoms with E-state index in [0.717, 1.165) is 22.3 Å². The molecule has 44 heavy (non-hydrogen) atoms. The lowest BCUT2D eigenvalue weighted by molar-refractivity contribution is 0.0158. The molecule has 0 bridgehead atoms. The minimum atomic E-state index is -1.19. The first-order valence-electron chi connectivity index (χ1n) is 14.2.